The van der Waals surface area contributed by atoms with Crippen LogP contribution in [0.4, 0.5) is 5.69 Å². The SMILES string of the molecule is Cc1ccc(NCC(=O)NNC(=O)c2cnn(-c3ccccc3)c2)c(C)c1. The molecule has 0 unspecified atom stereocenters. The summed E-state index contributed by atoms with van der Waals surface area (Å²) in [7, 11) is 0. The average molecular weight is 363 g/mol. The lowest BCUT2D eigenvalue weighted by Gasteiger charge is -2.11. The van der Waals surface area contributed by atoms with Crippen molar-refractivity contribution in [2.45, 2.75) is 13.8 Å². The maximum absolute atomic E-state index is 12.2. The number of benzene rings is 2. The molecule has 0 aliphatic heterocycles. The molecule has 0 atom stereocenters. The van der Waals surface area contributed by atoms with Crippen LogP contribution in [-0.2, 0) is 4.79 Å². The maximum atomic E-state index is 12.2. The molecule has 0 bridgehead atoms. The van der Waals surface area contributed by atoms with Crippen LogP contribution in [-0.4, -0.2) is 28.1 Å². The standard InChI is InChI=1S/C20H21N5O2/c1-14-8-9-18(15(2)10-14)21-12-19(26)23-24-20(27)16-11-22-25(13-16)17-6-4-3-5-7-17/h3-11,13,21H,12H2,1-2H3,(H,23,26)(H,24,27). The molecule has 0 aliphatic carbocycles. The summed E-state index contributed by atoms with van der Waals surface area (Å²) < 4.78 is 1.60. The third-order valence-electron chi connectivity index (χ3n) is 4.00. The first-order valence-corrected chi connectivity index (χ1v) is 8.53. The highest BCUT2D eigenvalue weighted by molar-refractivity contribution is 5.95. The summed E-state index contributed by atoms with van der Waals surface area (Å²) in [5, 5.41) is 7.21. The first kappa shape index (κ1) is 18.2. The van der Waals surface area contributed by atoms with Crippen LogP contribution in [0.2, 0.25) is 0 Å². The van der Waals surface area contributed by atoms with Gasteiger partial charge in [-0.25, -0.2) is 4.68 Å². The van der Waals surface area contributed by atoms with Crippen LogP contribution in [0.1, 0.15) is 21.5 Å². The van der Waals surface area contributed by atoms with Gasteiger partial charge in [0.25, 0.3) is 11.8 Å². The molecule has 0 spiro atoms. The largest absolute Gasteiger partial charge is 0.376 e. The molecule has 27 heavy (non-hydrogen) atoms. The predicted molar refractivity (Wildman–Crippen MR) is 104 cm³/mol. The van der Waals surface area contributed by atoms with Crippen molar-refractivity contribution in [1.29, 1.82) is 0 Å². The molecule has 7 nitrogen and oxygen atoms in total. The highest BCUT2D eigenvalue weighted by atomic mass is 16.2. The number of rotatable bonds is 5. The first-order valence-electron chi connectivity index (χ1n) is 8.53. The van der Waals surface area contributed by atoms with E-state index in [0.29, 0.717) is 5.56 Å². The number of nitrogens with one attached hydrogen (secondary N) is 3. The molecule has 0 saturated heterocycles. The van der Waals surface area contributed by atoms with Gasteiger partial charge in [-0.05, 0) is 37.6 Å². The average Bonchev–Trinajstić information content (AvgIpc) is 3.16. The van der Waals surface area contributed by atoms with Gasteiger partial charge >= 0.3 is 0 Å². The van der Waals surface area contributed by atoms with E-state index in [1.807, 2.05) is 62.4 Å². The predicted octanol–water partition coefficient (Wildman–Crippen LogP) is 2.36. The Balaban J connectivity index is 1.50. The zero-order valence-electron chi connectivity index (χ0n) is 15.2. The Bertz CT molecular complexity index is 950. The normalized spacial score (nSPS) is 10.3. The van der Waals surface area contributed by atoms with Gasteiger partial charge in [-0.2, -0.15) is 5.10 Å². The van der Waals surface area contributed by atoms with Crippen molar-refractivity contribution in [3.8, 4) is 5.69 Å². The van der Waals surface area contributed by atoms with Gasteiger partial charge in [-0.1, -0.05) is 35.9 Å². The van der Waals surface area contributed by atoms with E-state index in [4.69, 9.17) is 0 Å². The molecule has 7 heteroatoms. The van der Waals surface area contributed by atoms with Crippen molar-refractivity contribution in [3.63, 3.8) is 0 Å². The quantitative estimate of drug-likeness (QED) is 0.607. The van der Waals surface area contributed by atoms with Crippen molar-refractivity contribution < 1.29 is 9.59 Å². The summed E-state index contributed by atoms with van der Waals surface area (Å²) in [6, 6.07) is 15.4. The number of amides is 2. The lowest BCUT2D eigenvalue weighted by molar-refractivity contribution is -0.120. The molecule has 3 aromatic rings. The molecule has 2 aromatic carbocycles. The fourth-order valence-electron chi connectivity index (χ4n) is 2.59. The van der Waals surface area contributed by atoms with Crippen molar-refractivity contribution in [2.24, 2.45) is 0 Å². The fourth-order valence-corrected chi connectivity index (χ4v) is 2.59. The van der Waals surface area contributed by atoms with E-state index in [1.54, 1.807) is 10.9 Å². The topological polar surface area (TPSA) is 88.1 Å². The second-order valence-electron chi connectivity index (χ2n) is 6.18. The minimum atomic E-state index is -0.433. The van der Waals surface area contributed by atoms with E-state index < -0.39 is 5.91 Å². The number of anilines is 1. The van der Waals surface area contributed by atoms with Gasteiger partial charge in [0.05, 0.1) is 24.0 Å². The Morgan fingerprint density at radius 2 is 1.81 bits per heavy atom. The van der Waals surface area contributed by atoms with E-state index in [0.717, 1.165) is 22.5 Å². The number of hydrogen-bond acceptors (Lipinski definition) is 4. The monoisotopic (exact) mass is 363 g/mol. The van der Waals surface area contributed by atoms with E-state index >= 15 is 0 Å². The van der Waals surface area contributed by atoms with E-state index in [-0.39, 0.29) is 12.5 Å². The molecule has 1 heterocycles. The maximum Gasteiger partial charge on any atom is 0.272 e. The van der Waals surface area contributed by atoms with Gasteiger partial charge in [0.1, 0.15) is 0 Å². The van der Waals surface area contributed by atoms with E-state index in [9.17, 15) is 9.59 Å². The molecule has 1 aromatic heterocycles. The molecule has 0 aliphatic rings. The lowest BCUT2D eigenvalue weighted by atomic mass is 10.1. The molecule has 2 amide bonds. The molecule has 0 fully saturated rings. The number of aromatic nitrogens is 2. The summed E-state index contributed by atoms with van der Waals surface area (Å²) in [5.74, 6) is -0.782. The number of nitrogens with zero attached hydrogens (tertiary/aromatic N) is 2. The highest BCUT2D eigenvalue weighted by Gasteiger charge is 2.11. The zero-order valence-corrected chi connectivity index (χ0v) is 15.2. The van der Waals surface area contributed by atoms with Gasteiger partial charge in [0.2, 0.25) is 0 Å². The van der Waals surface area contributed by atoms with Crippen LogP contribution in [0.3, 0.4) is 0 Å². The van der Waals surface area contributed by atoms with Gasteiger partial charge in [-0.3, -0.25) is 20.4 Å². The Kier molecular flexibility index (Phi) is 5.51. The summed E-state index contributed by atoms with van der Waals surface area (Å²) in [4.78, 5) is 24.1. The minimum Gasteiger partial charge on any atom is -0.376 e. The number of carbonyl (C=O) groups excluding carboxylic acids is 2. The number of carbonyl (C=O) groups is 2. The first-order chi connectivity index (χ1) is 13.0. The van der Waals surface area contributed by atoms with Crippen LogP contribution >= 0.6 is 0 Å². The van der Waals surface area contributed by atoms with Crippen LogP contribution in [0, 0.1) is 13.8 Å². The minimum absolute atomic E-state index is 0.0491. The number of para-hydroxylation sites is 1. The number of hydrazine groups is 1. The molecule has 3 N–H and O–H groups in total. The van der Waals surface area contributed by atoms with E-state index in [2.05, 4.69) is 21.3 Å². The molecule has 0 radical (unpaired) electrons. The summed E-state index contributed by atoms with van der Waals surface area (Å²) in [6.45, 7) is 4.03. The summed E-state index contributed by atoms with van der Waals surface area (Å²) in [5.41, 5.74) is 9.07. The summed E-state index contributed by atoms with van der Waals surface area (Å²) in [6.07, 6.45) is 3.05. The molecule has 3 rings (SSSR count). The fraction of sp³-hybridized carbons (Fsp3) is 0.150. The van der Waals surface area contributed by atoms with E-state index in [1.165, 1.54) is 6.20 Å². The van der Waals surface area contributed by atoms with Gasteiger partial charge in [0, 0.05) is 11.9 Å². The Morgan fingerprint density at radius 1 is 1.04 bits per heavy atom. The van der Waals surface area contributed by atoms with Gasteiger partial charge in [-0.15, -0.1) is 0 Å². The third kappa shape index (κ3) is 4.72. The van der Waals surface area contributed by atoms with Crippen LogP contribution in [0.25, 0.3) is 5.69 Å². The second kappa shape index (κ2) is 8.18. The lowest BCUT2D eigenvalue weighted by Crippen LogP contribution is -2.44. The number of aryl methyl sites for hydroxylation is 2. The van der Waals surface area contributed by atoms with Crippen molar-refractivity contribution >= 4 is 17.5 Å². The molecular formula is C20H21N5O2. The molecule has 138 valence electrons. The third-order valence-corrected chi connectivity index (χ3v) is 4.00. The van der Waals surface area contributed by atoms with Gasteiger partial charge < -0.3 is 5.32 Å². The second-order valence-corrected chi connectivity index (χ2v) is 6.18. The Morgan fingerprint density at radius 3 is 2.56 bits per heavy atom. The van der Waals surface area contributed by atoms with Gasteiger partial charge in [0.15, 0.2) is 0 Å². The van der Waals surface area contributed by atoms with Crippen molar-refractivity contribution in [2.75, 3.05) is 11.9 Å². The summed E-state index contributed by atoms with van der Waals surface area (Å²) >= 11 is 0. The zero-order chi connectivity index (χ0) is 19.2. The molecular weight excluding hydrogens is 342 g/mol. The Labute approximate surface area is 157 Å². The van der Waals surface area contributed by atoms with Crippen LogP contribution in [0.15, 0.2) is 60.9 Å². The van der Waals surface area contributed by atoms with Crippen molar-refractivity contribution in [3.05, 3.63) is 77.6 Å². The molecule has 0 saturated carbocycles. The highest BCUT2D eigenvalue weighted by Crippen LogP contribution is 2.15. The van der Waals surface area contributed by atoms with Crippen LogP contribution in [0.5, 0.6) is 0 Å². The smallest absolute Gasteiger partial charge is 0.272 e. The Hall–Kier alpha value is -3.61. The van der Waals surface area contributed by atoms with Crippen LogP contribution < -0.4 is 16.2 Å². The van der Waals surface area contributed by atoms with Crippen molar-refractivity contribution in [1.82, 2.24) is 20.6 Å². The number of hydrogen-bond donors (Lipinski definition) is 3.